The zero-order valence-electron chi connectivity index (χ0n) is 18.3. The maximum atomic E-state index is 6.90. The third-order valence-corrected chi connectivity index (χ3v) is 8.94. The summed E-state index contributed by atoms with van der Waals surface area (Å²) in [6.07, 6.45) is 14.7. The lowest BCUT2D eigenvalue weighted by molar-refractivity contribution is 0.309. The third kappa shape index (κ3) is 15.9. The Hall–Kier alpha value is 0.394. The largest absolute Gasteiger partial charge is 0.325 e. The van der Waals surface area contributed by atoms with Crippen LogP contribution in [0.1, 0.15) is 77.6 Å². The van der Waals surface area contributed by atoms with Crippen LogP contribution in [0.3, 0.4) is 0 Å². The summed E-state index contributed by atoms with van der Waals surface area (Å²) < 4.78 is 0. The van der Waals surface area contributed by atoms with Crippen LogP contribution >= 0.6 is 0 Å². The summed E-state index contributed by atoms with van der Waals surface area (Å²) in [6.45, 7) is 17.2. The van der Waals surface area contributed by atoms with E-state index < -0.39 is 16.1 Å². The van der Waals surface area contributed by atoms with Gasteiger partial charge in [-0.05, 0) is 19.3 Å². The van der Waals surface area contributed by atoms with Gasteiger partial charge >= 0.3 is 0 Å². The van der Waals surface area contributed by atoms with Crippen LogP contribution in [0.4, 0.5) is 0 Å². The summed E-state index contributed by atoms with van der Waals surface area (Å²) in [5, 5.41) is 0. The topological polar surface area (TPSA) is 26.0 Å². The van der Waals surface area contributed by atoms with Crippen LogP contribution in [-0.4, -0.2) is 21.7 Å². The number of unbranched alkanes of at least 4 members (excludes halogenated alkanes) is 5. The highest BCUT2D eigenvalue weighted by Crippen LogP contribution is 2.28. The Labute approximate surface area is 156 Å². The van der Waals surface area contributed by atoms with E-state index in [9.17, 15) is 0 Å². The number of nitrogens with two attached hydrogens (primary N) is 1. The van der Waals surface area contributed by atoms with Crippen LogP contribution in [0.25, 0.3) is 0 Å². The van der Waals surface area contributed by atoms with Crippen molar-refractivity contribution in [3.63, 3.8) is 0 Å². The van der Waals surface area contributed by atoms with Gasteiger partial charge in [0, 0.05) is 21.7 Å². The van der Waals surface area contributed by atoms with Gasteiger partial charge in [-0.1, -0.05) is 110 Å². The molecule has 0 aliphatic carbocycles. The highest BCUT2D eigenvalue weighted by molar-refractivity contribution is 6.76. The zero-order valence-corrected chi connectivity index (χ0v) is 20.3. The summed E-state index contributed by atoms with van der Waals surface area (Å²) in [7, 11) is -1.76. The van der Waals surface area contributed by atoms with Gasteiger partial charge in [0.15, 0.2) is 0 Å². The van der Waals surface area contributed by atoms with Crippen LogP contribution in [0.5, 0.6) is 0 Å². The maximum Gasteiger partial charge on any atom is 0.0442 e. The van der Waals surface area contributed by atoms with Gasteiger partial charge in [-0.25, -0.2) is 0 Å². The lowest BCUT2D eigenvalue weighted by Crippen LogP contribution is -2.40. The molecule has 0 aromatic rings. The molecule has 0 unspecified atom stereocenters. The molecule has 0 aliphatic heterocycles. The molecule has 0 aliphatic rings. The number of hydrogen-bond donors (Lipinski definition) is 1. The highest BCUT2D eigenvalue weighted by atomic mass is 28.3. The first kappa shape index (κ1) is 24.4. The van der Waals surface area contributed by atoms with Crippen molar-refractivity contribution in [2.24, 2.45) is 5.73 Å². The molecule has 0 spiro atoms. The Morgan fingerprint density at radius 2 is 0.958 bits per heavy atom. The van der Waals surface area contributed by atoms with E-state index in [1.807, 2.05) is 0 Å². The maximum absolute atomic E-state index is 6.90. The SMILES string of the molecule is CCCCCCC(N)(CCCC[Si](C)(C)C)CCCC[Si](C)(C)C. The van der Waals surface area contributed by atoms with Crippen molar-refractivity contribution in [1.29, 1.82) is 0 Å². The predicted molar refractivity (Wildman–Crippen MR) is 120 cm³/mol. The lowest BCUT2D eigenvalue weighted by atomic mass is 9.83. The van der Waals surface area contributed by atoms with E-state index >= 15 is 0 Å². The Kier molecular flexibility index (Phi) is 12.1. The molecule has 146 valence electrons. The van der Waals surface area contributed by atoms with Gasteiger partial charge < -0.3 is 5.73 Å². The minimum atomic E-state index is -0.878. The van der Waals surface area contributed by atoms with Gasteiger partial charge in [0.2, 0.25) is 0 Å². The molecule has 0 fully saturated rings. The summed E-state index contributed by atoms with van der Waals surface area (Å²) in [5.74, 6) is 0. The first-order valence-electron chi connectivity index (χ1n) is 10.8. The van der Waals surface area contributed by atoms with Crippen LogP contribution in [0.2, 0.25) is 51.4 Å². The normalized spacial score (nSPS) is 13.5. The van der Waals surface area contributed by atoms with E-state index in [1.54, 1.807) is 0 Å². The van der Waals surface area contributed by atoms with E-state index in [1.165, 1.54) is 82.7 Å². The second-order valence-corrected chi connectivity index (χ2v) is 22.0. The Balaban J connectivity index is 4.26. The molecule has 0 amide bonds. The molecule has 2 N–H and O–H groups in total. The van der Waals surface area contributed by atoms with Crippen molar-refractivity contribution in [3.8, 4) is 0 Å². The summed E-state index contributed by atoms with van der Waals surface area (Å²) >= 11 is 0. The molecular formula is C21H49NSi2. The second kappa shape index (κ2) is 11.9. The smallest absolute Gasteiger partial charge is 0.0442 e. The minimum absolute atomic E-state index is 0.132. The van der Waals surface area contributed by atoms with Crippen LogP contribution in [0.15, 0.2) is 0 Å². The fraction of sp³-hybridized carbons (Fsp3) is 1.00. The van der Waals surface area contributed by atoms with Gasteiger partial charge in [-0.3, -0.25) is 0 Å². The fourth-order valence-corrected chi connectivity index (χ4v) is 6.16. The zero-order chi connectivity index (χ0) is 18.7. The van der Waals surface area contributed by atoms with E-state index in [4.69, 9.17) is 5.73 Å². The molecule has 3 heteroatoms. The molecular weight excluding hydrogens is 322 g/mol. The van der Waals surface area contributed by atoms with Gasteiger partial charge in [0.1, 0.15) is 0 Å². The molecule has 0 rings (SSSR count). The summed E-state index contributed by atoms with van der Waals surface area (Å²) in [5.41, 5.74) is 7.03. The van der Waals surface area contributed by atoms with E-state index in [2.05, 4.69) is 46.2 Å². The van der Waals surface area contributed by atoms with Crippen LogP contribution in [0, 0.1) is 0 Å². The minimum Gasteiger partial charge on any atom is -0.325 e. The standard InChI is InChI=1S/C21H49NSi2/c1-8-9-10-11-16-21(22,17-12-14-19-23(2,3)4)18-13-15-20-24(5,6)7/h8-20,22H2,1-7H3. The fourth-order valence-electron chi connectivity index (χ4n) is 3.54. The molecule has 0 saturated heterocycles. The average molecular weight is 372 g/mol. The van der Waals surface area contributed by atoms with Gasteiger partial charge in [0.25, 0.3) is 0 Å². The summed E-state index contributed by atoms with van der Waals surface area (Å²) in [4.78, 5) is 0. The molecule has 0 aromatic heterocycles. The van der Waals surface area contributed by atoms with Crippen LogP contribution in [-0.2, 0) is 0 Å². The molecule has 0 radical (unpaired) electrons. The molecule has 1 nitrogen and oxygen atoms in total. The van der Waals surface area contributed by atoms with Gasteiger partial charge in [-0.2, -0.15) is 0 Å². The van der Waals surface area contributed by atoms with Crippen molar-refractivity contribution in [3.05, 3.63) is 0 Å². The predicted octanol–water partition coefficient (Wildman–Crippen LogP) is 7.67. The first-order chi connectivity index (χ1) is 11.0. The van der Waals surface area contributed by atoms with Gasteiger partial charge in [-0.15, -0.1) is 0 Å². The molecule has 0 aromatic carbocycles. The Morgan fingerprint density at radius 1 is 0.583 bits per heavy atom. The van der Waals surface area contributed by atoms with Gasteiger partial charge in [0.05, 0.1) is 0 Å². The Morgan fingerprint density at radius 3 is 1.29 bits per heavy atom. The molecule has 0 atom stereocenters. The molecule has 0 heterocycles. The van der Waals surface area contributed by atoms with Crippen molar-refractivity contribution in [2.75, 3.05) is 0 Å². The van der Waals surface area contributed by atoms with Crippen molar-refractivity contribution >= 4 is 16.1 Å². The summed E-state index contributed by atoms with van der Waals surface area (Å²) in [6, 6.07) is 2.93. The van der Waals surface area contributed by atoms with Crippen LogP contribution < -0.4 is 5.73 Å². The van der Waals surface area contributed by atoms with Crippen molar-refractivity contribution in [2.45, 2.75) is 134 Å². The number of rotatable bonds is 15. The second-order valence-electron chi connectivity index (χ2n) is 10.7. The average Bonchev–Trinajstić information content (AvgIpc) is 2.43. The number of hydrogen-bond acceptors (Lipinski definition) is 1. The quantitative estimate of drug-likeness (QED) is 0.232. The monoisotopic (exact) mass is 371 g/mol. The lowest BCUT2D eigenvalue weighted by Gasteiger charge is -2.31. The Bertz CT molecular complexity index is 280. The van der Waals surface area contributed by atoms with E-state index in [-0.39, 0.29) is 5.54 Å². The molecule has 24 heavy (non-hydrogen) atoms. The van der Waals surface area contributed by atoms with Crippen molar-refractivity contribution < 1.29 is 0 Å². The third-order valence-electron chi connectivity index (χ3n) is 5.23. The van der Waals surface area contributed by atoms with E-state index in [0.29, 0.717) is 0 Å². The molecule has 0 bridgehead atoms. The molecule has 0 saturated carbocycles. The highest BCUT2D eigenvalue weighted by Gasteiger charge is 2.24. The van der Waals surface area contributed by atoms with Crippen molar-refractivity contribution in [1.82, 2.24) is 0 Å². The first-order valence-corrected chi connectivity index (χ1v) is 18.2. The van der Waals surface area contributed by atoms with E-state index in [0.717, 1.165) is 0 Å².